The number of thiophene rings is 1. The zero-order valence-corrected chi connectivity index (χ0v) is 19.5. The number of likely N-dealkylation sites (N-methyl/N-ethyl adjacent to an activating group) is 1. The van der Waals surface area contributed by atoms with Gasteiger partial charge in [-0.1, -0.05) is 19.9 Å². The Morgan fingerprint density at radius 2 is 2.00 bits per heavy atom. The van der Waals surface area contributed by atoms with E-state index in [1.54, 1.807) is 23.1 Å². The molecule has 2 heterocycles. The fourth-order valence-corrected chi connectivity index (χ4v) is 4.38. The van der Waals surface area contributed by atoms with Crippen molar-refractivity contribution in [3.8, 4) is 5.75 Å². The van der Waals surface area contributed by atoms with Crippen LogP contribution in [0.25, 0.3) is 5.76 Å². The SMILES string of the molecule is Cc1cc(C(O)=C2C(=O)C(=O)N(CCN(C)C)C2c2cccs2)ccc1OCC(C)C. The number of nitrogens with zero attached hydrogens (tertiary/aromatic N) is 2. The maximum Gasteiger partial charge on any atom is 0.295 e. The average molecular weight is 443 g/mol. The number of rotatable bonds is 8. The van der Waals surface area contributed by atoms with Crippen LogP contribution >= 0.6 is 11.3 Å². The Hall–Kier alpha value is -2.64. The van der Waals surface area contributed by atoms with E-state index in [0.29, 0.717) is 31.2 Å². The molecule has 31 heavy (non-hydrogen) atoms. The topological polar surface area (TPSA) is 70.1 Å². The van der Waals surface area contributed by atoms with Crippen LogP contribution in [0.2, 0.25) is 0 Å². The molecule has 7 heteroatoms. The molecule has 1 unspecified atom stereocenters. The highest BCUT2D eigenvalue weighted by atomic mass is 32.1. The third kappa shape index (κ3) is 4.99. The molecule has 0 aliphatic carbocycles. The van der Waals surface area contributed by atoms with Gasteiger partial charge in [0.1, 0.15) is 11.5 Å². The summed E-state index contributed by atoms with van der Waals surface area (Å²) < 4.78 is 5.82. The lowest BCUT2D eigenvalue weighted by Gasteiger charge is -2.25. The number of aliphatic hydroxyl groups excluding tert-OH is 1. The Labute approximate surface area is 187 Å². The van der Waals surface area contributed by atoms with Crippen molar-refractivity contribution < 1.29 is 19.4 Å². The maximum absolute atomic E-state index is 13.0. The lowest BCUT2D eigenvalue weighted by atomic mass is 9.98. The average Bonchev–Trinajstić information content (AvgIpc) is 3.32. The minimum absolute atomic E-state index is 0.140. The van der Waals surface area contributed by atoms with E-state index in [0.717, 1.165) is 16.2 Å². The van der Waals surface area contributed by atoms with Gasteiger partial charge >= 0.3 is 0 Å². The maximum atomic E-state index is 13.0. The number of carbonyl (C=O) groups is 2. The largest absolute Gasteiger partial charge is 0.507 e. The van der Waals surface area contributed by atoms with Crippen LogP contribution in [0.15, 0.2) is 41.3 Å². The Bertz CT molecular complexity index is 979. The zero-order chi connectivity index (χ0) is 22.7. The van der Waals surface area contributed by atoms with E-state index in [1.807, 2.05) is 43.4 Å². The van der Waals surface area contributed by atoms with Gasteiger partial charge in [-0.3, -0.25) is 9.59 Å². The van der Waals surface area contributed by atoms with E-state index in [1.165, 1.54) is 11.3 Å². The van der Waals surface area contributed by atoms with Crippen molar-refractivity contribution in [2.24, 2.45) is 5.92 Å². The van der Waals surface area contributed by atoms with Crippen LogP contribution in [-0.2, 0) is 9.59 Å². The third-order valence-electron chi connectivity index (χ3n) is 5.16. The number of ether oxygens (including phenoxy) is 1. The summed E-state index contributed by atoms with van der Waals surface area (Å²) in [7, 11) is 3.84. The molecule has 6 nitrogen and oxygen atoms in total. The predicted molar refractivity (Wildman–Crippen MR) is 123 cm³/mol. The van der Waals surface area contributed by atoms with Crippen LogP contribution in [-0.4, -0.2) is 60.4 Å². The van der Waals surface area contributed by atoms with E-state index >= 15 is 0 Å². The molecule has 1 atom stereocenters. The Morgan fingerprint density at radius 1 is 1.26 bits per heavy atom. The molecule has 1 aromatic carbocycles. The molecule has 1 saturated heterocycles. The summed E-state index contributed by atoms with van der Waals surface area (Å²) in [4.78, 5) is 30.2. The van der Waals surface area contributed by atoms with Gasteiger partial charge in [-0.05, 0) is 62.1 Å². The van der Waals surface area contributed by atoms with E-state index in [9.17, 15) is 14.7 Å². The number of benzene rings is 1. The van der Waals surface area contributed by atoms with Crippen molar-refractivity contribution in [1.29, 1.82) is 0 Å². The molecule has 0 bridgehead atoms. The number of carbonyl (C=O) groups excluding carboxylic acids is 2. The number of hydrogen-bond donors (Lipinski definition) is 1. The number of ketones is 1. The van der Waals surface area contributed by atoms with Crippen molar-refractivity contribution in [2.75, 3.05) is 33.8 Å². The second-order valence-electron chi connectivity index (χ2n) is 8.50. The molecule has 0 spiro atoms. The molecule has 166 valence electrons. The number of aliphatic hydroxyl groups is 1. The molecule has 1 amide bonds. The lowest BCUT2D eigenvalue weighted by molar-refractivity contribution is -0.140. The molecule has 1 N–H and O–H groups in total. The fourth-order valence-electron chi connectivity index (χ4n) is 3.53. The van der Waals surface area contributed by atoms with E-state index in [-0.39, 0.29) is 11.3 Å². The van der Waals surface area contributed by atoms with Gasteiger partial charge in [-0.2, -0.15) is 0 Å². The van der Waals surface area contributed by atoms with Crippen LogP contribution in [0.1, 0.15) is 35.9 Å². The van der Waals surface area contributed by atoms with Gasteiger partial charge in [-0.15, -0.1) is 11.3 Å². The molecule has 1 aliphatic rings. The van der Waals surface area contributed by atoms with Gasteiger partial charge in [0.2, 0.25) is 0 Å². The van der Waals surface area contributed by atoms with Gasteiger partial charge < -0.3 is 19.6 Å². The summed E-state index contributed by atoms with van der Waals surface area (Å²) in [5.74, 6) is -0.228. The molecule has 1 aromatic heterocycles. The van der Waals surface area contributed by atoms with Crippen LogP contribution in [0.5, 0.6) is 5.75 Å². The van der Waals surface area contributed by atoms with Crippen molar-refractivity contribution >= 4 is 28.8 Å². The highest BCUT2D eigenvalue weighted by Crippen LogP contribution is 2.41. The summed E-state index contributed by atoms with van der Waals surface area (Å²) in [6, 6.07) is 8.52. The highest BCUT2D eigenvalue weighted by molar-refractivity contribution is 7.10. The van der Waals surface area contributed by atoms with E-state index < -0.39 is 17.7 Å². The first kappa shape index (κ1) is 23.0. The molecule has 2 aromatic rings. The van der Waals surface area contributed by atoms with Crippen molar-refractivity contribution in [3.05, 3.63) is 57.3 Å². The number of Topliss-reactive ketones (excluding diaryl/α,β-unsaturated/α-hetero) is 1. The minimum Gasteiger partial charge on any atom is -0.507 e. The summed E-state index contributed by atoms with van der Waals surface area (Å²) in [5, 5.41) is 13.0. The number of amides is 1. The molecule has 0 saturated carbocycles. The van der Waals surface area contributed by atoms with Crippen LogP contribution in [0.3, 0.4) is 0 Å². The van der Waals surface area contributed by atoms with Crippen LogP contribution < -0.4 is 4.74 Å². The van der Waals surface area contributed by atoms with E-state index in [4.69, 9.17) is 4.74 Å². The molecule has 0 radical (unpaired) electrons. The Morgan fingerprint density at radius 3 is 2.58 bits per heavy atom. The van der Waals surface area contributed by atoms with Gasteiger partial charge in [0.05, 0.1) is 18.2 Å². The normalized spacial score (nSPS) is 18.4. The molecule has 3 rings (SSSR count). The Kier molecular flexibility index (Phi) is 7.18. The molecular formula is C24H30N2O4S. The monoisotopic (exact) mass is 442 g/mol. The zero-order valence-electron chi connectivity index (χ0n) is 18.7. The van der Waals surface area contributed by atoms with Gasteiger partial charge in [-0.25, -0.2) is 0 Å². The predicted octanol–water partition coefficient (Wildman–Crippen LogP) is 4.07. The summed E-state index contributed by atoms with van der Waals surface area (Å²) in [5.41, 5.74) is 1.50. The summed E-state index contributed by atoms with van der Waals surface area (Å²) >= 11 is 1.47. The Balaban J connectivity index is 2.02. The number of likely N-dealkylation sites (tertiary alicyclic amines) is 1. The molecule has 1 fully saturated rings. The van der Waals surface area contributed by atoms with Crippen LogP contribution in [0, 0.1) is 12.8 Å². The first-order valence-electron chi connectivity index (χ1n) is 10.4. The quantitative estimate of drug-likeness (QED) is 0.379. The molecular weight excluding hydrogens is 412 g/mol. The first-order valence-corrected chi connectivity index (χ1v) is 11.3. The van der Waals surface area contributed by atoms with E-state index in [2.05, 4.69) is 13.8 Å². The van der Waals surface area contributed by atoms with Gasteiger partial charge in [0, 0.05) is 23.5 Å². The lowest BCUT2D eigenvalue weighted by Crippen LogP contribution is -2.35. The fraction of sp³-hybridized carbons (Fsp3) is 0.417. The highest BCUT2D eigenvalue weighted by Gasteiger charge is 2.46. The van der Waals surface area contributed by atoms with Crippen molar-refractivity contribution in [2.45, 2.75) is 26.8 Å². The van der Waals surface area contributed by atoms with Crippen LogP contribution in [0.4, 0.5) is 0 Å². The van der Waals surface area contributed by atoms with Gasteiger partial charge in [0.25, 0.3) is 11.7 Å². The smallest absolute Gasteiger partial charge is 0.295 e. The van der Waals surface area contributed by atoms with Crippen molar-refractivity contribution in [3.63, 3.8) is 0 Å². The standard InChI is InChI=1S/C24H30N2O4S/c1-15(2)14-30-18-9-8-17(13-16(18)3)22(27)20-21(19-7-6-12-31-19)26(11-10-25(4)5)24(29)23(20)28/h6-9,12-13,15,21,27H,10-11,14H2,1-5H3. The first-order chi connectivity index (χ1) is 14.7. The molecule has 1 aliphatic heterocycles. The van der Waals surface area contributed by atoms with Gasteiger partial charge in [0.15, 0.2) is 0 Å². The summed E-state index contributed by atoms with van der Waals surface area (Å²) in [6.45, 7) is 7.68. The van der Waals surface area contributed by atoms with Crippen molar-refractivity contribution in [1.82, 2.24) is 9.80 Å². The summed E-state index contributed by atoms with van der Waals surface area (Å²) in [6.07, 6.45) is 0. The third-order valence-corrected chi connectivity index (χ3v) is 6.09. The minimum atomic E-state index is -0.646. The second-order valence-corrected chi connectivity index (χ2v) is 9.48. The number of hydrogen-bond acceptors (Lipinski definition) is 6. The second kappa shape index (κ2) is 9.66. The number of aryl methyl sites for hydroxylation is 1.